The van der Waals surface area contributed by atoms with E-state index in [0.29, 0.717) is 5.76 Å². The Kier molecular flexibility index (Phi) is 4.19. The van der Waals surface area contributed by atoms with Crippen molar-refractivity contribution in [3.63, 3.8) is 0 Å². The Morgan fingerprint density at radius 3 is 2.22 bits per heavy atom. The van der Waals surface area contributed by atoms with Crippen molar-refractivity contribution in [3.05, 3.63) is 95.4 Å². The molecule has 0 saturated carbocycles. The summed E-state index contributed by atoms with van der Waals surface area (Å²) in [5.74, 6) is -2.19. The van der Waals surface area contributed by atoms with Gasteiger partial charge in [-0.3, -0.25) is 4.79 Å². The molecule has 3 rings (SSSR count). The van der Waals surface area contributed by atoms with E-state index in [1.54, 1.807) is 36.4 Å². The number of amides is 1. The van der Waals surface area contributed by atoms with Gasteiger partial charge in [-0.1, -0.05) is 36.4 Å². The molecular weight excluding hydrogens is 300 g/mol. The lowest BCUT2D eigenvalue weighted by Gasteiger charge is -2.17. The maximum Gasteiger partial charge on any atom is 0.258 e. The van der Waals surface area contributed by atoms with E-state index in [2.05, 4.69) is 5.32 Å². The monoisotopic (exact) mass is 313 g/mol. The van der Waals surface area contributed by atoms with Crippen LogP contribution in [0.3, 0.4) is 0 Å². The van der Waals surface area contributed by atoms with Gasteiger partial charge in [0.1, 0.15) is 29.0 Å². The van der Waals surface area contributed by atoms with Gasteiger partial charge < -0.3 is 9.73 Å². The topological polar surface area (TPSA) is 42.2 Å². The first kappa shape index (κ1) is 15.0. The van der Waals surface area contributed by atoms with E-state index in [4.69, 9.17) is 4.42 Å². The highest BCUT2D eigenvalue weighted by Gasteiger charge is 2.23. The molecule has 1 N–H and O–H groups in total. The van der Waals surface area contributed by atoms with E-state index in [9.17, 15) is 13.6 Å². The minimum atomic E-state index is -0.909. The van der Waals surface area contributed by atoms with E-state index < -0.39 is 29.1 Å². The van der Waals surface area contributed by atoms with Crippen LogP contribution in [0.1, 0.15) is 27.7 Å². The second kappa shape index (κ2) is 6.44. The molecule has 0 aliphatic carbocycles. The lowest BCUT2D eigenvalue weighted by atomic mass is 10.0. The van der Waals surface area contributed by atoms with E-state index in [-0.39, 0.29) is 0 Å². The van der Waals surface area contributed by atoms with E-state index >= 15 is 0 Å². The molecule has 0 saturated heterocycles. The highest BCUT2D eigenvalue weighted by Crippen LogP contribution is 2.23. The molecule has 0 aliphatic rings. The predicted molar refractivity (Wildman–Crippen MR) is 80.8 cm³/mol. The lowest BCUT2D eigenvalue weighted by molar-refractivity contribution is 0.0930. The second-order valence-electron chi connectivity index (χ2n) is 4.93. The van der Waals surface area contributed by atoms with Gasteiger partial charge in [0.25, 0.3) is 5.91 Å². The Morgan fingerprint density at radius 1 is 0.913 bits per heavy atom. The van der Waals surface area contributed by atoms with Crippen LogP contribution in [-0.2, 0) is 0 Å². The number of carbonyl (C=O) groups excluding carboxylic acids is 1. The fourth-order valence-electron chi connectivity index (χ4n) is 2.34. The van der Waals surface area contributed by atoms with E-state index in [0.717, 1.165) is 17.7 Å². The van der Waals surface area contributed by atoms with Crippen molar-refractivity contribution in [1.29, 1.82) is 0 Å². The van der Waals surface area contributed by atoms with Gasteiger partial charge in [-0.25, -0.2) is 8.78 Å². The quantitative estimate of drug-likeness (QED) is 0.788. The number of furan rings is 1. The number of nitrogens with one attached hydrogen (secondary N) is 1. The minimum Gasteiger partial charge on any atom is -0.467 e. The molecule has 1 unspecified atom stereocenters. The standard InChI is InChI=1S/C18H13F2NO2/c19-13-8-4-9-14(20)16(13)18(22)21-17(15-10-5-11-23-15)12-6-2-1-3-7-12/h1-11,17H,(H,21,22). The number of rotatable bonds is 4. The van der Waals surface area contributed by atoms with Crippen LogP contribution in [0, 0.1) is 11.6 Å². The van der Waals surface area contributed by atoms with Crippen LogP contribution in [-0.4, -0.2) is 5.91 Å². The molecule has 0 bridgehead atoms. The summed E-state index contributed by atoms with van der Waals surface area (Å²) in [6.45, 7) is 0. The Labute approximate surface area is 131 Å². The smallest absolute Gasteiger partial charge is 0.258 e. The summed E-state index contributed by atoms with van der Waals surface area (Å²) in [5, 5.41) is 2.62. The van der Waals surface area contributed by atoms with Gasteiger partial charge in [0.15, 0.2) is 0 Å². The van der Waals surface area contributed by atoms with Gasteiger partial charge in [0, 0.05) is 0 Å². The third kappa shape index (κ3) is 3.13. The molecule has 0 aliphatic heterocycles. The maximum absolute atomic E-state index is 13.8. The Morgan fingerprint density at radius 2 is 1.61 bits per heavy atom. The van der Waals surface area contributed by atoms with Gasteiger partial charge in [-0.2, -0.15) is 0 Å². The molecule has 0 radical (unpaired) electrons. The highest BCUT2D eigenvalue weighted by atomic mass is 19.1. The van der Waals surface area contributed by atoms with E-state index in [1.165, 1.54) is 12.3 Å². The molecule has 0 spiro atoms. The van der Waals surface area contributed by atoms with Crippen LogP contribution in [0.15, 0.2) is 71.3 Å². The van der Waals surface area contributed by atoms with Crippen molar-refractivity contribution >= 4 is 5.91 Å². The van der Waals surface area contributed by atoms with Crippen molar-refractivity contribution in [1.82, 2.24) is 5.32 Å². The third-order valence-electron chi connectivity index (χ3n) is 3.43. The van der Waals surface area contributed by atoms with Crippen LogP contribution < -0.4 is 5.32 Å². The zero-order valence-corrected chi connectivity index (χ0v) is 12.0. The summed E-state index contributed by atoms with van der Waals surface area (Å²) in [6.07, 6.45) is 1.47. The average molecular weight is 313 g/mol. The molecule has 3 nitrogen and oxygen atoms in total. The first-order valence-corrected chi connectivity index (χ1v) is 7.00. The van der Waals surface area contributed by atoms with Gasteiger partial charge in [0.05, 0.1) is 6.26 Å². The normalized spacial score (nSPS) is 11.9. The molecule has 2 aromatic carbocycles. The van der Waals surface area contributed by atoms with Gasteiger partial charge in [-0.05, 0) is 29.8 Å². The van der Waals surface area contributed by atoms with Crippen molar-refractivity contribution in [2.24, 2.45) is 0 Å². The molecule has 116 valence electrons. The van der Waals surface area contributed by atoms with Gasteiger partial charge in [-0.15, -0.1) is 0 Å². The Hall–Kier alpha value is -2.95. The summed E-state index contributed by atoms with van der Waals surface area (Å²) in [7, 11) is 0. The number of hydrogen-bond donors (Lipinski definition) is 1. The van der Waals surface area contributed by atoms with Crippen LogP contribution in [0.5, 0.6) is 0 Å². The first-order chi connectivity index (χ1) is 11.2. The minimum absolute atomic E-state index is 0.473. The fourth-order valence-corrected chi connectivity index (χ4v) is 2.34. The fraction of sp³-hybridized carbons (Fsp3) is 0.0556. The first-order valence-electron chi connectivity index (χ1n) is 7.00. The molecule has 0 fully saturated rings. The van der Waals surface area contributed by atoms with Crippen molar-refractivity contribution in [3.8, 4) is 0 Å². The van der Waals surface area contributed by atoms with Crippen LogP contribution in [0.2, 0.25) is 0 Å². The summed E-state index contributed by atoms with van der Waals surface area (Å²) in [6, 6.07) is 15.1. The van der Waals surface area contributed by atoms with Crippen LogP contribution in [0.4, 0.5) is 8.78 Å². The second-order valence-corrected chi connectivity index (χ2v) is 4.93. The molecule has 1 heterocycles. The molecule has 3 aromatic rings. The number of benzene rings is 2. The summed E-state index contributed by atoms with van der Waals surface area (Å²) >= 11 is 0. The Balaban J connectivity index is 1.95. The summed E-state index contributed by atoms with van der Waals surface area (Å²) in [4.78, 5) is 12.3. The van der Waals surface area contributed by atoms with Crippen LogP contribution in [0.25, 0.3) is 0 Å². The zero-order chi connectivity index (χ0) is 16.2. The van der Waals surface area contributed by atoms with Crippen molar-refractivity contribution < 1.29 is 18.0 Å². The average Bonchev–Trinajstić information content (AvgIpc) is 3.07. The number of carbonyl (C=O) groups is 1. The van der Waals surface area contributed by atoms with Gasteiger partial charge in [0.2, 0.25) is 0 Å². The molecule has 1 atom stereocenters. The highest BCUT2D eigenvalue weighted by molar-refractivity contribution is 5.95. The van der Waals surface area contributed by atoms with E-state index in [1.807, 2.05) is 6.07 Å². The predicted octanol–water partition coefficient (Wildman–Crippen LogP) is 4.08. The Bertz CT molecular complexity index is 781. The molecule has 23 heavy (non-hydrogen) atoms. The van der Waals surface area contributed by atoms with Crippen molar-refractivity contribution in [2.45, 2.75) is 6.04 Å². The molecular formula is C18H13F2NO2. The van der Waals surface area contributed by atoms with Gasteiger partial charge >= 0.3 is 0 Å². The van der Waals surface area contributed by atoms with Crippen molar-refractivity contribution in [2.75, 3.05) is 0 Å². The lowest BCUT2D eigenvalue weighted by Crippen LogP contribution is -2.30. The molecule has 1 aromatic heterocycles. The molecule has 5 heteroatoms. The summed E-state index contributed by atoms with van der Waals surface area (Å²) in [5.41, 5.74) is 0.132. The SMILES string of the molecule is O=C(NC(c1ccccc1)c1ccco1)c1c(F)cccc1F. The zero-order valence-electron chi connectivity index (χ0n) is 12.0. The van der Waals surface area contributed by atoms with Crippen LogP contribution >= 0.6 is 0 Å². The summed E-state index contributed by atoms with van der Waals surface area (Å²) < 4.78 is 32.9. The largest absolute Gasteiger partial charge is 0.467 e. The maximum atomic E-state index is 13.8. The number of halogens is 2. The molecule has 1 amide bonds. The third-order valence-corrected chi connectivity index (χ3v) is 3.43. The number of hydrogen-bond acceptors (Lipinski definition) is 2.